The van der Waals surface area contributed by atoms with Gasteiger partial charge in [-0.25, -0.2) is 4.98 Å². The fraction of sp³-hybridized carbons (Fsp3) is 0.438. The fourth-order valence-corrected chi connectivity index (χ4v) is 2.27. The van der Waals surface area contributed by atoms with Gasteiger partial charge in [-0.3, -0.25) is 0 Å². The molecular weight excluding hydrogens is 252 g/mol. The molecule has 0 aliphatic carbocycles. The summed E-state index contributed by atoms with van der Waals surface area (Å²) in [5, 5.41) is 10.7. The summed E-state index contributed by atoms with van der Waals surface area (Å²) in [4.78, 5) is 6.85. The van der Waals surface area contributed by atoms with Crippen LogP contribution in [-0.4, -0.2) is 36.4 Å². The number of aromatic nitrogens is 1. The molecule has 4 nitrogen and oxygen atoms in total. The molecule has 1 aromatic heterocycles. The Kier molecular flexibility index (Phi) is 5.32. The summed E-state index contributed by atoms with van der Waals surface area (Å²) >= 11 is 0. The number of benzene rings is 1. The highest BCUT2D eigenvalue weighted by atomic mass is 16.5. The Labute approximate surface area is 120 Å². The van der Waals surface area contributed by atoms with Crippen LogP contribution >= 0.6 is 0 Å². The number of likely N-dealkylation sites (N-methyl/N-ethyl adjacent to an activating group) is 1. The number of ether oxygens (including phenoxy) is 1. The Morgan fingerprint density at radius 2 is 2.05 bits per heavy atom. The van der Waals surface area contributed by atoms with Crippen molar-refractivity contribution in [3.8, 4) is 0 Å². The minimum Gasteiger partial charge on any atom is -0.392 e. The summed E-state index contributed by atoms with van der Waals surface area (Å²) in [5.74, 6) is 0.855. The second-order valence-electron chi connectivity index (χ2n) is 4.60. The third kappa shape index (κ3) is 3.26. The van der Waals surface area contributed by atoms with Crippen LogP contribution in [0.5, 0.6) is 0 Å². The lowest BCUT2D eigenvalue weighted by Gasteiger charge is -2.24. The van der Waals surface area contributed by atoms with Gasteiger partial charge in [-0.2, -0.15) is 0 Å². The maximum absolute atomic E-state index is 9.60. The zero-order chi connectivity index (χ0) is 14.4. The lowest BCUT2D eigenvalue weighted by atomic mass is 10.1. The number of aliphatic hydroxyl groups excluding tert-OH is 1. The second kappa shape index (κ2) is 7.22. The molecule has 0 spiro atoms. The topological polar surface area (TPSA) is 45.6 Å². The van der Waals surface area contributed by atoms with Crippen molar-refractivity contribution in [3.63, 3.8) is 0 Å². The highest BCUT2D eigenvalue weighted by Crippen LogP contribution is 2.23. The van der Waals surface area contributed by atoms with E-state index < -0.39 is 0 Å². The van der Waals surface area contributed by atoms with E-state index in [9.17, 15) is 5.11 Å². The maximum atomic E-state index is 9.60. The van der Waals surface area contributed by atoms with E-state index in [1.165, 1.54) is 0 Å². The van der Waals surface area contributed by atoms with Gasteiger partial charge in [0.15, 0.2) is 0 Å². The molecule has 20 heavy (non-hydrogen) atoms. The molecule has 1 aromatic carbocycles. The zero-order valence-corrected chi connectivity index (χ0v) is 12.2. The van der Waals surface area contributed by atoms with E-state index in [1.807, 2.05) is 37.3 Å². The highest BCUT2D eigenvalue weighted by Gasteiger charge is 2.12. The lowest BCUT2D eigenvalue weighted by molar-refractivity contribution is 0.154. The van der Waals surface area contributed by atoms with Gasteiger partial charge in [0, 0.05) is 30.6 Å². The van der Waals surface area contributed by atoms with Crippen LogP contribution in [0.3, 0.4) is 0 Å². The van der Waals surface area contributed by atoms with Gasteiger partial charge in [-0.05, 0) is 26.0 Å². The smallest absolute Gasteiger partial charge is 0.134 e. The van der Waals surface area contributed by atoms with Crippen molar-refractivity contribution in [2.24, 2.45) is 0 Å². The molecule has 0 aliphatic heterocycles. The minimum atomic E-state index is -0.00168. The van der Waals surface area contributed by atoms with Gasteiger partial charge in [0.05, 0.1) is 18.7 Å². The molecule has 0 unspecified atom stereocenters. The fourth-order valence-electron chi connectivity index (χ4n) is 2.27. The number of para-hydroxylation sites is 1. The maximum Gasteiger partial charge on any atom is 0.134 e. The van der Waals surface area contributed by atoms with Crippen molar-refractivity contribution in [2.45, 2.75) is 20.5 Å². The lowest BCUT2D eigenvalue weighted by Crippen LogP contribution is -2.29. The summed E-state index contributed by atoms with van der Waals surface area (Å²) in [6.45, 7) is 7.08. The molecular formula is C16H22N2O2. The average Bonchev–Trinajstić information content (AvgIpc) is 2.50. The first-order valence-corrected chi connectivity index (χ1v) is 7.12. The number of pyridine rings is 1. The molecule has 0 atom stereocenters. The van der Waals surface area contributed by atoms with Crippen LogP contribution in [-0.2, 0) is 11.3 Å². The van der Waals surface area contributed by atoms with Crippen molar-refractivity contribution >= 4 is 16.7 Å². The van der Waals surface area contributed by atoms with E-state index in [-0.39, 0.29) is 6.61 Å². The van der Waals surface area contributed by atoms with Crippen molar-refractivity contribution in [1.82, 2.24) is 4.98 Å². The van der Waals surface area contributed by atoms with Crippen LogP contribution in [0.2, 0.25) is 0 Å². The number of fused-ring (bicyclic) bond motifs is 1. The molecule has 1 heterocycles. The van der Waals surface area contributed by atoms with Crippen LogP contribution in [0, 0.1) is 0 Å². The Morgan fingerprint density at radius 1 is 1.25 bits per heavy atom. The minimum absolute atomic E-state index is 0.00168. The van der Waals surface area contributed by atoms with E-state index >= 15 is 0 Å². The van der Waals surface area contributed by atoms with Crippen LogP contribution < -0.4 is 4.90 Å². The van der Waals surface area contributed by atoms with Gasteiger partial charge >= 0.3 is 0 Å². The predicted octanol–water partition coefficient (Wildman–Crippen LogP) is 2.59. The summed E-state index contributed by atoms with van der Waals surface area (Å²) in [7, 11) is 0. The quantitative estimate of drug-likeness (QED) is 0.788. The molecule has 0 amide bonds. The van der Waals surface area contributed by atoms with E-state index in [4.69, 9.17) is 9.72 Å². The van der Waals surface area contributed by atoms with Crippen molar-refractivity contribution in [1.29, 1.82) is 0 Å². The Hall–Kier alpha value is -1.65. The normalized spacial score (nSPS) is 10.9. The molecule has 108 valence electrons. The molecule has 0 saturated heterocycles. The van der Waals surface area contributed by atoms with E-state index in [0.29, 0.717) is 6.61 Å². The average molecular weight is 274 g/mol. The highest BCUT2D eigenvalue weighted by molar-refractivity contribution is 5.81. The second-order valence-corrected chi connectivity index (χ2v) is 4.60. The molecule has 2 rings (SSSR count). The third-order valence-electron chi connectivity index (χ3n) is 3.34. The number of rotatable bonds is 7. The van der Waals surface area contributed by atoms with Gasteiger partial charge in [0.25, 0.3) is 0 Å². The molecule has 4 heteroatoms. The van der Waals surface area contributed by atoms with Gasteiger partial charge in [0.1, 0.15) is 5.82 Å². The van der Waals surface area contributed by atoms with Gasteiger partial charge in [-0.15, -0.1) is 0 Å². The van der Waals surface area contributed by atoms with Crippen LogP contribution in [0.25, 0.3) is 10.9 Å². The Bertz CT molecular complexity index is 557. The van der Waals surface area contributed by atoms with Crippen molar-refractivity contribution in [3.05, 3.63) is 35.9 Å². The number of hydrogen-bond donors (Lipinski definition) is 1. The molecule has 1 N–H and O–H groups in total. The van der Waals surface area contributed by atoms with Gasteiger partial charge < -0.3 is 14.7 Å². The van der Waals surface area contributed by atoms with Crippen LogP contribution in [0.1, 0.15) is 19.4 Å². The zero-order valence-electron chi connectivity index (χ0n) is 12.2. The SMILES string of the molecule is CCOCCN(CC)c1nc2ccccc2cc1CO. The molecule has 0 fully saturated rings. The van der Waals surface area contributed by atoms with Crippen LogP contribution in [0.15, 0.2) is 30.3 Å². The Morgan fingerprint density at radius 3 is 2.75 bits per heavy atom. The van der Waals surface area contributed by atoms with Crippen molar-refractivity contribution in [2.75, 3.05) is 31.2 Å². The molecule has 0 aliphatic rings. The first-order chi connectivity index (χ1) is 9.80. The number of hydrogen-bond acceptors (Lipinski definition) is 4. The standard InChI is InChI=1S/C16H22N2O2/c1-3-18(9-10-20-4-2)16-14(12-19)11-13-7-5-6-8-15(13)17-16/h5-8,11,19H,3-4,9-10,12H2,1-2H3. The number of anilines is 1. The number of aliphatic hydroxyl groups is 1. The number of nitrogens with zero attached hydrogens (tertiary/aromatic N) is 2. The van der Waals surface area contributed by atoms with E-state index in [2.05, 4.69) is 11.8 Å². The summed E-state index contributed by atoms with van der Waals surface area (Å²) in [6.07, 6.45) is 0. The van der Waals surface area contributed by atoms with Crippen LogP contribution in [0.4, 0.5) is 5.82 Å². The van der Waals surface area contributed by atoms with Gasteiger partial charge in [-0.1, -0.05) is 18.2 Å². The molecule has 0 radical (unpaired) electrons. The van der Waals surface area contributed by atoms with E-state index in [0.717, 1.165) is 42.0 Å². The summed E-state index contributed by atoms with van der Waals surface area (Å²) < 4.78 is 5.42. The molecule has 2 aromatic rings. The Balaban J connectivity index is 2.34. The van der Waals surface area contributed by atoms with Crippen molar-refractivity contribution < 1.29 is 9.84 Å². The first-order valence-electron chi connectivity index (χ1n) is 7.12. The molecule has 0 bridgehead atoms. The monoisotopic (exact) mass is 274 g/mol. The summed E-state index contributed by atoms with van der Waals surface area (Å²) in [6, 6.07) is 9.99. The molecule has 0 saturated carbocycles. The first kappa shape index (κ1) is 14.8. The summed E-state index contributed by atoms with van der Waals surface area (Å²) in [5.41, 5.74) is 1.82. The third-order valence-corrected chi connectivity index (χ3v) is 3.34. The van der Waals surface area contributed by atoms with Gasteiger partial charge in [0.2, 0.25) is 0 Å². The van der Waals surface area contributed by atoms with E-state index in [1.54, 1.807) is 0 Å². The largest absolute Gasteiger partial charge is 0.392 e. The predicted molar refractivity (Wildman–Crippen MR) is 82.0 cm³/mol.